The molecular weight excluding hydrogens is 512 g/mol. The first-order valence-electron chi connectivity index (χ1n) is 11.2. The summed E-state index contributed by atoms with van der Waals surface area (Å²) >= 11 is 0. The average Bonchev–Trinajstić information content (AvgIpc) is 3.28. The lowest BCUT2D eigenvalue weighted by atomic mass is 9.74. The summed E-state index contributed by atoms with van der Waals surface area (Å²) in [5.74, 6) is 1.15. The summed E-state index contributed by atoms with van der Waals surface area (Å²) in [7, 11) is 0. The van der Waals surface area contributed by atoms with E-state index in [0.717, 1.165) is 76.7 Å². The number of aliphatic imine (C=N–C) groups is 1. The maximum atomic E-state index is 13.9. The second-order valence-electron chi connectivity index (χ2n) is 8.18. The van der Waals surface area contributed by atoms with Crippen molar-refractivity contribution < 1.29 is 18.6 Å². The van der Waals surface area contributed by atoms with Crippen LogP contribution in [0.5, 0.6) is 0 Å². The third kappa shape index (κ3) is 8.47. The molecule has 1 atom stereocenters. The van der Waals surface area contributed by atoms with Gasteiger partial charge in [0.15, 0.2) is 5.96 Å². The van der Waals surface area contributed by atoms with E-state index in [0.29, 0.717) is 25.7 Å². The highest BCUT2D eigenvalue weighted by atomic mass is 127. The van der Waals surface area contributed by atoms with Gasteiger partial charge in [-0.15, -0.1) is 24.0 Å². The molecule has 0 saturated carbocycles. The molecule has 6 nitrogen and oxygen atoms in total. The lowest BCUT2D eigenvalue weighted by Gasteiger charge is -2.36. The molecule has 0 aliphatic carbocycles. The number of benzene rings is 1. The molecule has 2 fully saturated rings. The van der Waals surface area contributed by atoms with Crippen molar-refractivity contribution >= 4 is 29.9 Å². The van der Waals surface area contributed by atoms with Crippen LogP contribution in [-0.4, -0.2) is 65.2 Å². The van der Waals surface area contributed by atoms with Gasteiger partial charge in [0.2, 0.25) is 0 Å². The van der Waals surface area contributed by atoms with Gasteiger partial charge in [0, 0.05) is 50.8 Å². The Morgan fingerprint density at radius 2 is 2.06 bits per heavy atom. The number of halogens is 2. The molecule has 2 N–H and O–H groups in total. The van der Waals surface area contributed by atoms with Gasteiger partial charge in [-0.2, -0.15) is 0 Å². The van der Waals surface area contributed by atoms with E-state index >= 15 is 0 Å². The first-order valence-corrected chi connectivity index (χ1v) is 11.2. The van der Waals surface area contributed by atoms with Gasteiger partial charge in [-0.25, -0.2) is 4.39 Å². The van der Waals surface area contributed by atoms with Crippen LogP contribution in [0.1, 0.15) is 38.2 Å². The fraction of sp³-hybridized carbons (Fsp3) is 0.696. The van der Waals surface area contributed by atoms with Crippen LogP contribution in [0.3, 0.4) is 0 Å². The second-order valence-corrected chi connectivity index (χ2v) is 8.18. The largest absolute Gasteiger partial charge is 0.381 e. The Labute approximate surface area is 202 Å². The number of nitrogens with zero attached hydrogens (tertiary/aromatic N) is 1. The quantitative estimate of drug-likeness (QED) is 0.203. The van der Waals surface area contributed by atoms with E-state index in [1.807, 2.05) is 6.07 Å². The Morgan fingerprint density at radius 1 is 1.23 bits per heavy atom. The Morgan fingerprint density at radius 3 is 2.77 bits per heavy atom. The monoisotopic (exact) mass is 549 g/mol. The summed E-state index contributed by atoms with van der Waals surface area (Å²) in [6.45, 7) is 8.81. The number of hydrogen-bond acceptors (Lipinski definition) is 4. The molecule has 2 saturated heterocycles. The minimum absolute atomic E-state index is 0. The number of guanidine groups is 1. The molecule has 0 aromatic heterocycles. The van der Waals surface area contributed by atoms with Crippen molar-refractivity contribution in [2.75, 3.05) is 59.3 Å². The van der Waals surface area contributed by atoms with Crippen molar-refractivity contribution in [2.24, 2.45) is 10.9 Å². The predicted molar refractivity (Wildman–Crippen MR) is 132 cm³/mol. The maximum Gasteiger partial charge on any atom is 0.191 e. The van der Waals surface area contributed by atoms with Crippen LogP contribution in [0.4, 0.5) is 4.39 Å². The summed E-state index contributed by atoms with van der Waals surface area (Å²) in [6.07, 6.45) is 3.71. The molecule has 176 valence electrons. The number of hydrogen-bond donors (Lipinski definition) is 2. The molecule has 8 heteroatoms. The lowest BCUT2D eigenvalue weighted by Crippen LogP contribution is -2.41. The average molecular weight is 549 g/mol. The van der Waals surface area contributed by atoms with Gasteiger partial charge in [0.1, 0.15) is 5.82 Å². The molecule has 2 aliphatic rings. The van der Waals surface area contributed by atoms with E-state index in [1.54, 1.807) is 12.1 Å². The van der Waals surface area contributed by atoms with Crippen molar-refractivity contribution in [1.29, 1.82) is 0 Å². The molecule has 31 heavy (non-hydrogen) atoms. The van der Waals surface area contributed by atoms with Crippen LogP contribution in [0.15, 0.2) is 29.3 Å². The summed E-state index contributed by atoms with van der Waals surface area (Å²) in [6, 6.07) is 6.94. The first kappa shape index (κ1) is 26.3. The zero-order valence-corrected chi connectivity index (χ0v) is 20.9. The SMILES string of the molecule is CCNC(=NCC1(c2cccc(F)c2)CCOCC1)NCCCOCC1CCOC1.I. The van der Waals surface area contributed by atoms with E-state index < -0.39 is 0 Å². The normalized spacial score (nSPS) is 20.8. The van der Waals surface area contributed by atoms with E-state index in [-0.39, 0.29) is 35.2 Å². The minimum atomic E-state index is -0.198. The molecule has 0 amide bonds. The third-order valence-corrected chi connectivity index (χ3v) is 5.91. The van der Waals surface area contributed by atoms with Crippen molar-refractivity contribution in [2.45, 2.75) is 38.0 Å². The van der Waals surface area contributed by atoms with Crippen LogP contribution in [0, 0.1) is 11.7 Å². The number of ether oxygens (including phenoxy) is 3. The standard InChI is InChI=1S/C23H36FN3O3.HI/c1-2-25-22(26-10-4-11-29-16-19-7-12-30-17-19)27-18-23(8-13-28-14-9-23)20-5-3-6-21(24)15-20;/h3,5-6,15,19H,2,4,7-14,16-18H2,1H3,(H2,25,26,27);1H. The zero-order chi connectivity index (χ0) is 21.1. The van der Waals surface area contributed by atoms with Crippen LogP contribution in [-0.2, 0) is 19.6 Å². The Kier molecular flexibility index (Phi) is 12.1. The predicted octanol–water partition coefficient (Wildman–Crippen LogP) is 3.49. The highest BCUT2D eigenvalue weighted by Gasteiger charge is 2.34. The van der Waals surface area contributed by atoms with Gasteiger partial charge in [-0.05, 0) is 50.3 Å². The van der Waals surface area contributed by atoms with Crippen molar-refractivity contribution in [3.05, 3.63) is 35.6 Å². The number of nitrogens with one attached hydrogen (secondary N) is 2. The van der Waals surface area contributed by atoms with Crippen molar-refractivity contribution in [3.8, 4) is 0 Å². The molecule has 0 bridgehead atoms. The van der Waals surface area contributed by atoms with Crippen molar-refractivity contribution in [3.63, 3.8) is 0 Å². The maximum absolute atomic E-state index is 13.9. The van der Waals surface area contributed by atoms with Gasteiger partial charge in [-0.1, -0.05) is 12.1 Å². The smallest absolute Gasteiger partial charge is 0.191 e. The zero-order valence-electron chi connectivity index (χ0n) is 18.5. The molecular formula is C23H37FIN3O3. The van der Waals surface area contributed by atoms with E-state index in [9.17, 15) is 4.39 Å². The number of rotatable bonds is 10. The summed E-state index contributed by atoms with van der Waals surface area (Å²) in [5, 5.41) is 6.71. The van der Waals surface area contributed by atoms with Gasteiger partial charge >= 0.3 is 0 Å². The van der Waals surface area contributed by atoms with Gasteiger partial charge in [0.05, 0.1) is 19.8 Å². The molecule has 0 radical (unpaired) electrons. The molecule has 1 aromatic rings. The topological polar surface area (TPSA) is 64.1 Å². The van der Waals surface area contributed by atoms with Crippen LogP contribution in [0.2, 0.25) is 0 Å². The molecule has 1 aromatic carbocycles. The summed E-state index contributed by atoms with van der Waals surface area (Å²) in [5.41, 5.74) is 0.824. The van der Waals surface area contributed by atoms with Crippen LogP contribution < -0.4 is 10.6 Å². The van der Waals surface area contributed by atoms with E-state index in [2.05, 4.69) is 17.6 Å². The molecule has 1 unspecified atom stereocenters. The third-order valence-electron chi connectivity index (χ3n) is 5.91. The minimum Gasteiger partial charge on any atom is -0.381 e. The van der Waals surface area contributed by atoms with Crippen LogP contribution >= 0.6 is 24.0 Å². The Hall–Kier alpha value is -0.970. The van der Waals surface area contributed by atoms with Gasteiger partial charge < -0.3 is 24.8 Å². The lowest BCUT2D eigenvalue weighted by molar-refractivity contribution is 0.0530. The highest BCUT2D eigenvalue weighted by Crippen LogP contribution is 2.35. The highest BCUT2D eigenvalue weighted by molar-refractivity contribution is 14.0. The second kappa shape index (κ2) is 14.2. The first-order chi connectivity index (χ1) is 14.7. The molecule has 2 heterocycles. The van der Waals surface area contributed by atoms with E-state index in [4.69, 9.17) is 19.2 Å². The van der Waals surface area contributed by atoms with Crippen molar-refractivity contribution in [1.82, 2.24) is 10.6 Å². The van der Waals surface area contributed by atoms with Crippen LogP contribution in [0.25, 0.3) is 0 Å². The van der Waals surface area contributed by atoms with Gasteiger partial charge in [-0.3, -0.25) is 4.99 Å². The van der Waals surface area contributed by atoms with Gasteiger partial charge in [0.25, 0.3) is 0 Å². The summed E-state index contributed by atoms with van der Waals surface area (Å²) in [4.78, 5) is 4.86. The Bertz CT molecular complexity index is 665. The fourth-order valence-corrected chi connectivity index (χ4v) is 4.04. The summed E-state index contributed by atoms with van der Waals surface area (Å²) < 4.78 is 30.6. The molecule has 0 spiro atoms. The molecule has 2 aliphatic heterocycles. The molecule has 3 rings (SSSR count). The Balaban J connectivity index is 0.00000341. The van der Waals surface area contributed by atoms with E-state index in [1.165, 1.54) is 6.07 Å². The fourth-order valence-electron chi connectivity index (χ4n) is 4.04.